The molecule has 31 heavy (non-hydrogen) atoms. The highest BCUT2D eigenvalue weighted by molar-refractivity contribution is 7.95. The van der Waals surface area contributed by atoms with Crippen LogP contribution in [-0.2, 0) is 9.84 Å². The Bertz CT molecular complexity index is 1100. The van der Waals surface area contributed by atoms with E-state index in [2.05, 4.69) is 4.74 Å². The Hall–Kier alpha value is -2.99. The minimum atomic E-state index is -4.90. The molecule has 2 aromatic rings. The molecule has 0 atom stereocenters. The van der Waals surface area contributed by atoms with Crippen molar-refractivity contribution in [2.45, 2.75) is 50.8 Å². The highest BCUT2D eigenvalue weighted by atomic mass is 32.2. The number of alkyl halides is 3. The smallest absolute Gasteiger partial charge is 0.507 e. The van der Waals surface area contributed by atoms with E-state index in [1.54, 1.807) is 18.2 Å². The third kappa shape index (κ3) is 5.79. The Morgan fingerprint density at radius 1 is 1.06 bits per heavy atom. The number of aromatic hydroxyl groups is 1. The lowest BCUT2D eigenvalue weighted by Gasteiger charge is -2.16. The van der Waals surface area contributed by atoms with Gasteiger partial charge in [0.2, 0.25) is 9.84 Å². The minimum absolute atomic E-state index is 0.0471. The SMILES string of the molecule is CC(C)c1cc(/C=C(\C#N)S(=O)(=O)c2ccc(OC(F)(F)F)cc2)cc(C(C)C)c1O. The zero-order valence-electron chi connectivity index (χ0n) is 17.4. The summed E-state index contributed by atoms with van der Waals surface area (Å²) >= 11 is 0. The van der Waals surface area contributed by atoms with Gasteiger partial charge in [0.25, 0.3) is 0 Å². The third-order valence-electron chi connectivity index (χ3n) is 4.50. The van der Waals surface area contributed by atoms with Gasteiger partial charge < -0.3 is 9.84 Å². The molecular formula is C22H22F3NO4S. The Morgan fingerprint density at radius 2 is 1.55 bits per heavy atom. The summed E-state index contributed by atoms with van der Waals surface area (Å²) in [4.78, 5) is -0.922. The van der Waals surface area contributed by atoms with Crippen molar-refractivity contribution in [3.8, 4) is 17.6 Å². The zero-order valence-corrected chi connectivity index (χ0v) is 18.2. The number of nitriles is 1. The average molecular weight is 453 g/mol. The van der Waals surface area contributed by atoms with Crippen LogP contribution in [0.1, 0.15) is 56.2 Å². The summed E-state index contributed by atoms with van der Waals surface area (Å²) in [6.07, 6.45) is -3.72. The van der Waals surface area contributed by atoms with Gasteiger partial charge in [-0.05, 0) is 71.0 Å². The molecule has 0 saturated carbocycles. The molecule has 0 spiro atoms. The standard InChI is InChI=1S/C22H22F3NO4S/c1-13(2)19-10-15(11-20(14(3)4)21(19)27)9-18(12-26)31(28,29)17-7-5-16(6-8-17)30-22(23,24)25/h5-11,13-14,27H,1-4H3/b18-9+. The van der Waals surface area contributed by atoms with Crippen molar-refractivity contribution in [3.05, 3.63) is 58.0 Å². The Labute approximate surface area is 179 Å². The van der Waals surface area contributed by atoms with Gasteiger partial charge in [0.15, 0.2) is 0 Å². The number of benzene rings is 2. The topological polar surface area (TPSA) is 87.4 Å². The lowest BCUT2D eigenvalue weighted by atomic mass is 9.91. The quantitative estimate of drug-likeness (QED) is 0.552. The first-order valence-electron chi connectivity index (χ1n) is 9.35. The van der Waals surface area contributed by atoms with Crippen molar-refractivity contribution < 1.29 is 31.4 Å². The van der Waals surface area contributed by atoms with E-state index in [0.29, 0.717) is 16.7 Å². The van der Waals surface area contributed by atoms with Crippen molar-refractivity contribution in [3.63, 3.8) is 0 Å². The van der Waals surface area contributed by atoms with Gasteiger partial charge in [-0.3, -0.25) is 0 Å². The molecule has 166 valence electrons. The first-order chi connectivity index (χ1) is 14.3. The van der Waals surface area contributed by atoms with Crippen LogP contribution >= 0.6 is 0 Å². The second-order valence-electron chi connectivity index (χ2n) is 7.50. The van der Waals surface area contributed by atoms with E-state index < -0.39 is 26.9 Å². The van der Waals surface area contributed by atoms with Crippen LogP contribution in [0, 0.1) is 11.3 Å². The second kappa shape index (κ2) is 9.02. The molecule has 9 heteroatoms. The summed E-state index contributed by atoms with van der Waals surface area (Å²) < 4.78 is 66.4. The summed E-state index contributed by atoms with van der Waals surface area (Å²) in [6.45, 7) is 7.50. The third-order valence-corrected chi connectivity index (χ3v) is 6.18. The summed E-state index contributed by atoms with van der Waals surface area (Å²) in [5.74, 6) is -0.539. The monoisotopic (exact) mass is 453 g/mol. The normalized spacial score (nSPS) is 12.8. The molecule has 0 aromatic heterocycles. The summed E-state index contributed by atoms with van der Waals surface area (Å²) in [7, 11) is -4.29. The van der Waals surface area contributed by atoms with Crippen molar-refractivity contribution in [2.75, 3.05) is 0 Å². The van der Waals surface area contributed by atoms with E-state index in [-0.39, 0.29) is 22.5 Å². The molecule has 0 fully saturated rings. The van der Waals surface area contributed by atoms with E-state index in [4.69, 9.17) is 0 Å². The van der Waals surface area contributed by atoms with E-state index in [1.807, 2.05) is 27.7 Å². The summed E-state index contributed by atoms with van der Waals surface area (Å²) in [5, 5.41) is 20.0. The molecular weight excluding hydrogens is 431 g/mol. The van der Waals surface area contributed by atoms with Crippen molar-refractivity contribution in [2.24, 2.45) is 0 Å². The van der Waals surface area contributed by atoms with Crippen molar-refractivity contribution >= 4 is 15.9 Å². The van der Waals surface area contributed by atoms with Crippen LogP contribution in [0.4, 0.5) is 13.2 Å². The van der Waals surface area contributed by atoms with Gasteiger partial charge in [-0.1, -0.05) is 27.7 Å². The number of phenols is 1. The maximum Gasteiger partial charge on any atom is 0.573 e. The average Bonchev–Trinajstić information content (AvgIpc) is 2.65. The fourth-order valence-electron chi connectivity index (χ4n) is 2.94. The van der Waals surface area contributed by atoms with Crippen molar-refractivity contribution in [1.82, 2.24) is 0 Å². The molecule has 2 rings (SSSR count). The first-order valence-corrected chi connectivity index (χ1v) is 10.8. The van der Waals surface area contributed by atoms with Crippen LogP contribution in [0.5, 0.6) is 11.5 Å². The van der Waals surface area contributed by atoms with Gasteiger partial charge in [-0.25, -0.2) is 8.42 Å². The number of hydrogen-bond acceptors (Lipinski definition) is 5. The highest BCUT2D eigenvalue weighted by Gasteiger charge is 2.31. The van der Waals surface area contributed by atoms with Gasteiger partial charge in [0, 0.05) is 0 Å². The molecule has 0 aliphatic heterocycles. The van der Waals surface area contributed by atoms with Gasteiger partial charge in [-0.15, -0.1) is 13.2 Å². The second-order valence-corrected chi connectivity index (χ2v) is 9.42. The summed E-state index contributed by atoms with van der Waals surface area (Å²) in [6, 6.07) is 8.49. The lowest BCUT2D eigenvalue weighted by molar-refractivity contribution is -0.274. The van der Waals surface area contributed by atoms with Crippen LogP contribution in [0.3, 0.4) is 0 Å². The van der Waals surface area contributed by atoms with Gasteiger partial charge in [-0.2, -0.15) is 5.26 Å². The first kappa shape index (κ1) is 24.3. The number of allylic oxidation sites excluding steroid dienone is 1. The predicted molar refractivity (Wildman–Crippen MR) is 110 cm³/mol. The van der Waals surface area contributed by atoms with Crippen LogP contribution < -0.4 is 4.74 Å². The number of sulfone groups is 1. The van der Waals surface area contributed by atoms with E-state index >= 15 is 0 Å². The zero-order chi connectivity index (χ0) is 23.6. The van der Waals surface area contributed by atoms with Crippen molar-refractivity contribution in [1.29, 1.82) is 5.26 Å². The lowest BCUT2D eigenvalue weighted by Crippen LogP contribution is -2.17. The maximum atomic E-state index is 12.9. The highest BCUT2D eigenvalue weighted by Crippen LogP contribution is 2.36. The Kier molecular flexibility index (Phi) is 7.06. The molecule has 0 amide bonds. The van der Waals surface area contributed by atoms with Crippen LogP contribution in [-0.4, -0.2) is 19.9 Å². The fraction of sp³-hybridized carbons (Fsp3) is 0.318. The predicted octanol–water partition coefficient (Wildman–Crippen LogP) is 5.88. The van der Waals surface area contributed by atoms with E-state index in [1.165, 1.54) is 6.08 Å². The number of rotatable bonds is 6. The Morgan fingerprint density at radius 3 is 1.94 bits per heavy atom. The molecule has 5 nitrogen and oxygen atoms in total. The molecule has 0 aliphatic rings. The van der Waals surface area contributed by atoms with Gasteiger partial charge >= 0.3 is 6.36 Å². The largest absolute Gasteiger partial charge is 0.573 e. The number of hydrogen-bond donors (Lipinski definition) is 1. The number of nitrogens with zero attached hydrogens (tertiary/aromatic N) is 1. The maximum absolute atomic E-state index is 12.9. The molecule has 0 unspecified atom stereocenters. The van der Waals surface area contributed by atoms with Crippen LogP contribution in [0.2, 0.25) is 0 Å². The number of halogens is 3. The minimum Gasteiger partial charge on any atom is -0.507 e. The molecule has 0 aliphatic carbocycles. The molecule has 2 aromatic carbocycles. The summed E-state index contributed by atoms with van der Waals surface area (Å²) in [5.41, 5.74) is 1.64. The van der Waals surface area contributed by atoms with Gasteiger partial charge in [0.05, 0.1) is 4.90 Å². The van der Waals surface area contributed by atoms with Gasteiger partial charge in [0.1, 0.15) is 22.5 Å². The fourth-order valence-corrected chi connectivity index (χ4v) is 4.10. The Balaban J connectivity index is 2.53. The molecule has 0 heterocycles. The molecule has 0 radical (unpaired) electrons. The van der Waals surface area contributed by atoms with Crippen LogP contribution in [0.15, 0.2) is 46.2 Å². The molecule has 0 saturated heterocycles. The van der Waals surface area contributed by atoms with E-state index in [9.17, 15) is 32.0 Å². The number of phenolic OH excluding ortho intramolecular Hbond substituents is 1. The molecule has 0 bridgehead atoms. The number of ether oxygens (including phenoxy) is 1. The molecule has 1 N–H and O–H groups in total. The van der Waals surface area contributed by atoms with E-state index in [0.717, 1.165) is 24.3 Å². The van der Waals surface area contributed by atoms with Crippen LogP contribution in [0.25, 0.3) is 6.08 Å².